The molecule has 3 nitrogen and oxygen atoms in total. The molecule has 1 saturated heterocycles. The van der Waals surface area contributed by atoms with Crippen molar-refractivity contribution >= 4 is 8.07 Å². The Balaban J connectivity index is 1.59. The molecule has 0 aromatic heterocycles. The van der Waals surface area contributed by atoms with E-state index in [4.69, 9.17) is 9.47 Å². The molecule has 1 aliphatic heterocycles. The van der Waals surface area contributed by atoms with E-state index in [1.165, 1.54) is 24.8 Å². The molecule has 0 aromatic carbocycles. The predicted octanol–water partition coefficient (Wildman–Crippen LogP) is 7.10. The van der Waals surface area contributed by atoms with Crippen molar-refractivity contribution in [3.05, 3.63) is 22.8 Å². The van der Waals surface area contributed by atoms with Crippen molar-refractivity contribution in [1.82, 2.24) is 0 Å². The first kappa shape index (κ1) is 24.3. The average molecular weight is 473 g/mol. The van der Waals surface area contributed by atoms with Gasteiger partial charge in [-0.05, 0) is 69.7 Å². The highest BCUT2D eigenvalue weighted by atomic mass is 28.3. The van der Waals surface area contributed by atoms with Crippen LogP contribution in [0.2, 0.25) is 25.7 Å². The number of rotatable bonds is 3. The Bertz CT molecular complexity index is 855. The molecule has 1 N–H and O–H groups in total. The molecular formula is C29H48O3Si. The topological polar surface area (TPSA) is 38.7 Å². The summed E-state index contributed by atoms with van der Waals surface area (Å²) in [4.78, 5) is 0. The van der Waals surface area contributed by atoms with Crippen LogP contribution in [0.1, 0.15) is 79.1 Å². The summed E-state index contributed by atoms with van der Waals surface area (Å²) in [5.41, 5.74) is 4.16. The van der Waals surface area contributed by atoms with Gasteiger partial charge in [0.2, 0.25) is 0 Å². The molecule has 3 unspecified atom stereocenters. The first-order chi connectivity index (χ1) is 15.3. The fourth-order valence-corrected chi connectivity index (χ4v) is 11.2. The SMILES string of the molecule is CC[C@]12C[C@@](O)(C[Si](C)(C)C)C3C4=C(CCC3C1CCC21OCC(C)(C)CO1)CC(C)=CC4. The fraction of sp³-hybridized carbons (Fsp3) is 0.862. The van der Waals surface area contributed by atoms with Crippen LogP contribution in [0, 0.1) is 28.6 Å². The van der Waals surface area contributed by atoms with Gasteiger partial charge in [-0.2, -0.15) is 0 Å². The monoisotopic (exact) mass is 472 g/mol. The molecular weight excluding hydrogens is 424 g/mol. The zero-order chi connectivity index (χ0) is 23.9. The lowest BCUT2D eigenvalue weighted by Gasteiger charge is -2.63. The maximum atomic E-state index is 12.8. The highest BCUT2D eigenvalue weighted by Gasteiger charge is 2.71. The van der Waals surface area contributed by atoms with E-state index in [-0.39, 0.29) is 10.8 Å². The normalized spacial score (nSPS) is 41.9. The highest BCUT2D eigenvalue weighted by Crippen LogP contribution is 2.70. The Morgan fingerprint density at radius 3 is 2.45 bits per heavy atom. The molecule has 33 heavy (non-hydrogen) atoms. The van der Waals surface area contributed by atoms with E-state index in [0.29, 0.717) is 17.8 Å². The number of aliphatic hydroxyl groups is 1. The summed E-state index contributed by atoms with van der Waals surface area (Å²) in [6.45, 7) is 18.0. The zero-order valence-electron chi connectivity index (χ0n) is 22.4. The van der Waals surface area contributed by atoms with Crippen LogP contribution >= 0.6 is 0 Å². The standard InChI is InChI=1S/C29H48O3Si/c1-8-27-16-28(30,19-33(5,6)7)25-22-11-9-20(2)15-21(22)10-12-23(25)24(27)13-14-29(27)31-17-26(3,4)18-32-29/h9,23-25,30H,8,10-19H2,1-7H3/t23?,24?,25?,27-,28+/m0/s1. The first-order valence-corrected chi connectivity index (χ1v) is 17.4. The Kier molecular flexibility index (Phi) is 5.73. The van der Waals surface area contributed by atoms with Gasteiger partial charge < -0.3 is 14.6 Å². The molecule has 2 saturated carbocycles. The van der Waals surface area contributed by atoms with Gasteiger partial charge in [-0.1, -0.05) is 63.2 Å². The second-order valence-electron chi connectivity index (χ2n) is 14.4. The smallest absolute Gasteiger partial charge is 0.174 e. The molecule has 4 aliphatic carbocycles. The molecule has 3 fully saturated rings. The summed E-state index contributed by atoms with van der Waals surface area (Å²) >= 11 is 0. The summed E-state index contributed by atoms with van der Waals surface area (Å²) in [6.07, 6.45) is 11.2. The Morgan fingerprint density at radius 1 is 1.12 bits per heavy atom. The van der Waals surface area contributed by atoms with Crippen molar-refractivity contribution in [2.75, 3.05) is 13.2 Å². The van der Waals surface area contributed by atoms with Gasteiger partial charge in [-0.15, -0.1) is 0 Å². The number of hydrogen-bond acceptors (Lipinski definition) is 3. The summed E-state index contributed by atoms with van der Waals surface area (Å²) < 4.78 is 13.6. The van der Waals surface area contributed by atoms with E-state index >= 15 is 0 Å². The van der Waals surface area contributed by atoms with Crippen LogP contribution in [-0.4, -0.2) is 37.8 Å². The summed E-state index contributed by atoms with van der Waals surface area (Å²) in [7, 11) is -1.51. The van der Waals surface area contributed by atoms with E-state index in [9.17, 15) is 5.11 Å². The van der Waals surface area contributed by atoms with Crippen LogP contribution in [0.5, 0.6) is 0 Å². The van der Waals surface area contributed by atoms with Crippen molar-refractivity contribution in [3.63, 3.8) is 0 Å². The van der Waals surface area contributed by atoms with Crippen LogP contribution < -0.4 is 0 Å². The molecule has 5 aliphatic rings. The average Bonchev–Trinajstić information content (AvgIpc) is 3.02. The number of hydrogen-bond donors (Lipinski definition) is 1. The van der Waals surface area contributed by atoms with E-state index in [1.54, 1.807) is 11.1 Å². The van der Waals surface area contributed by atoms with Gasteiger partial charge >= 0.3 is 0 Å². The maximum absolute atomic E-state index is 12.8. The lowest BCUT2D eigenvalue weighted by molar-refractivity contribution is -0.358. The van der Waals surface area contributed by atoms with Gasteiger partial charge in [0.1, 0.15) is 0 Å². The predicted molar refractivity (Wildman–Crippen MR) is 138 cm³/mol. The zero-order valence-corrected chi connectivity index (χ0v) is 23.4. The summed E-state index contributed by atoms with van der Waals surface area (Å²) in [5, 5.41) is 12.8. The first-order valence-electron chi connectivity index (χ1n) is 13.7. The van der Waals surface area contributed by atoms with Crippen molar-refractivity contribution in [2.24, 2.45) is 28.6 Å². The number of allylic oxidation sites excluding steroid dienone is 3. The largest absolute Gasteiger partial charge is 0.390 e. The minimum Gasteiger partial charge on any atom is -0.390 e. The molecule has 0 bridgehead atoms. The van der Waals surface area contributed by atoms with Crippen molar-refractivity contribution in [1.29, 1.82) is 0 Å². The third-order valence-electron chi connectivity index (χ3n) is 10.0. The molecule has 0 radical (unpaired) electrons. The van der Waals surface area contributed by atoms with Crippen LogP contribution in [0.3, 0.4) is 0 Å². The quantitative estimate of drug-likeness (QED) is 0.352. The van der Waals surface area contributed by atoms with E-state index in [0.717, 1.165) is 51.4 Å². The molecule has 0 aromatic rings. The molecule has 0 amide bonds. The third-order valence-corrected chi connectivity index (χ3v) is 11.7. The maximum Gasteiger partial charge on any atom is 0.174 e. The molecule has 186 valence electrons. The molecule has 4 heteroatoms. The van der Waals surface area contributed by atoms with Gasteiger partial charge in [0.25, 0.3) is 0 Å². The third kappa shape index (κ3) is 3.77. The summed E-state index contributed by atoms with van der Waals surface area (Å²) in [6, 6.07) is 0.983. The van der Waals surface area contributed by atoms with E-state index in [1.807, 2.05) is 0 Å². The lowest BCUT2D eigenvalue weighted by Crippen LogP contribution is -2.66. The van der Waals surface area contributed by atoms with E-state index in [2.05, 4.69) is 53.4 Å². The van der Waals surface area contributed by atoms with Crippen molar-refractivity contribution in [2.45, 2.75) is 116 Å². The Morgan fingerprint density at radius 2 is 1.82 bits per heavy atom. The number of ether oxygens (including phenoxy) is 2. The molecule has 5 atom stereocenters. The number of fused-ring (bicyclic) bond motifs is 5. The van der Waals surface area contributed by atoms with Crippen LogP contribution in [0.4, 0.5) is 0 Å². The van der Waals surface area contributed by atoms with Gasteiger partial charge in [0.15, 0.2) is 5.79 Å². The molecule has 1 heterocycles. The van der Waals surface area contributed by atoms with Crippen LogP contribution in [0.15, 0.2) is 22.8 Å². The van der Waals surface area contributed by atoms with Gasteiger partial charge in [0.05, 0.1) is 18.8 Å². The molecule has 1 spiro atoms. The fourth-order valence-electron chi connectivity index (χ4n) is 9.05. The van der Waals surface area contributed by atoms with E-state index < -0.39 is 19.5 Å². The minimum absolute atomic E-state index is 0.0704. The van der Waals surface area contributed by atoms with Gasteiger partial charge in [-0.25, -0.2) is 0 Å². The summed E-state index contributed by atoms with van der Waals surface area (Å²) in [5.74, 6) is 0.985. The highest BCUT2D eigenvalue weighted by molar-refractivity contribution is 6.76. The Labute approximate surface area is 203 Å². The van der Waals surface area contributed by atoms with Crippen LogP contribution in [0.25, 0.3) is 0 Å². The lowest BCUT2D eigenvalue weighted by atomic mass is 9.48. The second-order valence-corrected chi connectivity index (χ2v) is 19.9. The molecule has 5 rings (SSSR count). The Hall–Kier alpha value is -0.423. The van der Waals surface area contributed by atoms with Gasteiger partial charge in [0, 0.05) is 31.2 Å². The van der Waals surface area contributed by atoms with Crippen molar-refractivity contribution < 1.29 is 14.6 Å². The second kappa shape index (κ2) is 7.79. The van der Waals surface area contributed by atoms with Crippen LogP contribution in [-0.2, 0) is 9.47 Å². The minimum atomic E-state index is -1.51. The van der Waals surface area contributed by atoms with Crippen molar-refractivity contribution in [3.8, 4) is 0 Å². The van der Waals surface area contributed by atoms with Gasteiger partial charge in [-0.3, -0.25) is 0 Å².